The Morgan fingerprint density at radius 3 is 2.64 bits per heavy atom. The maximum absolute atomic E-state index is 13.2. The van der Waals surface area contributed by atoms with Crippen molar-refractivity contribution >= 4 is 61.4 Å². The lowest BCUT2D eigenvalue weighted by molar-refractivity contribution is -0.384. The van der Waals surface area contributed by atoms with Gasteiger partial charge in [-0.3, -0.25) is 14.9 Å². The van der Waals surface area contributed by atoms with Gasteiger partial charge in [-0.25, -0.2) is 14.5 Å². The molecule has 0 spiro atoms. The van der Waals surface area contributed by atoms with Gasteiger partial charge < -0.3 is 10.1 Å². The molecule has 36 heavy (non-hydrogen) atoms. The number of nitro benzene ring substituents is 1. The van der Waals surface area contributed by atoms with Gasteiger partial charge in [0.25, 0.3) is 11.6 Å². The lowest BCUT2D eigenvalue weighted by atomic mass is 10.2. The summed E-state index contributed by atoms with van der Waals surface area (Å²) < 4.78 is 6.50. The Morgan fingerprint density at radius 2 is 1.97 bits per heavy atom. The molecule has 4 rings (SSSR count). The van der Waals surface area contributed by atoms with Gasteiger partial charge >= 0.3 is 5.97 Å². The van der Waals surface area contributed by atoms with Crippen LogP contribution in [0.4, 0.5) is 10.7 Å². The van der Waals surface area contributed by atoms with Crippen LogP contribution in [-0.4, -0.2) is 38.7 Å². The molecule has 1 N–H and O–H groups in total. The number of nitrogens with zero attached hydrogens (tertiary/aromatic N) is 4. The number of pyridine rings is 1. The third-order valence-electron chi connectivity index (χ3n) is 4.62. The SMILES string of the molecule is COC(=O)c1cc(C#Cc2ccc([N+](=O)[O-])cc2)sc1NC(=O)c1cc(Br)nn1-c1ncccc1Cl. The molecule has 0 unspecified atom stereocenters. The Balaban J connectivity index is 1.65. The minimum atomic E-state index is -0.660. The predicted octanol–water partition coefficient (Wildman–Crippen LogP) is 5.09. The summed E-state index contributed by atoms with van der Waals surface area (Å²) in [5.74, 6) is 4.80. The van der Waals surface area contributed by atoms with Crippen molar-refractivity contribution in [3.8, 4) is 17.7 Å². The van der Waals surface area contributed by atoms with Gasteiger partial charge in [-0.15, -0.1) is 11.3 Å². The lowest BCUT2D eigenvalue weighted by Gasteiger charge is -2.08. The topological polar surface area (TPSA) is 129 Å². The first-order valence-electron chi connectivity index (χ1n) is 9.93. The number of nitrogens with one attached hydrogen (secondary N) is 1. The molecule has 0 atom stereocenters. The number of carbonyl (C=O) groups is 2. The molecule has 0 aliphatic heterocycles. The van der Waals surface area contributed by atoms with Crippen LogP contribution in [0.3, 0.4) is 0 Å². The number of methoxy groups -OCH3 is 1. The zero-order chi connectivity index (χ0) is 25.8. The molecule has 13 heteroatoms. The highest BCUT2D eigenvalue weighted by Crippen LogP contribution is 2.30. The third kappa shape index (κ3) is 5.44. The average molecular weight is 587 g/mol. The van der Waals surface area contributed by atoms with Gasteiger partial charge in [0, 0.05) is 30.0 Å². The van der Waals surface area contributed by atoms with Crippen LogP contribution < -0.4 is 5.32 Å². The number of halogens is 2. The molecule has 4 aromatic rings. The number of benzene rings is 1. The molecule has 10 nitrogen and oxygen atoms in total. The highest BCUT2D eigenvalue weighted by atomic mass is 79.9. The molecule has 0 bridgehead atoms. The number of rotatable bonds is 5. The number of aromatic nitrogens is 3. The fraction of sp³-hybridized carbons (Fsp3) is 0.0435. The van der Waals surface area contributed by atoms with Crippen molar-refractivity contribution < 1.29 is 19.2 Å². The fourth-order valence-electron chi connectivity index (χ4n) is 2.98. The van der Waals surface area contributed by atoms with Crippen LogP contribution >= 0.6 is 38.9 Å². The molecular formula is C23H13BrClN5O5S. The number of ether oxygens (including phenoxy) is 1. The molecular weight excluding hydrogens is 574 g/mol. The second-order valence-corrected chi connectivity index (χ2v) is 9.20. The van der Waals surface area contributed by atoms with Crippen LogP contribution in [0.2, 0.25) is 5.02 Å². The predicted molar refractivity (Wildman–Crippen MR) is 137 cm³/mol. The molecule has 0 fully saturated rings. The highest BCUT2D eigenvalue weighted by molar-refractivity contribution is 9.10. The van der Waals surface area contributed by atoms with Crippen LogP contribution in [0.1, 0.15) is 31.3 Å². The largest absolute Gasteiger partial charge is 0.465 e. The summed E-state index contributed by atoms with van der Waals surface area (Å²) in [6.45, 7) is 0. The van der Waals surface area contributed by atoms with Gasteiger partial charge in [-0.1, -0.05) is 23.4 Å². The van der Waals surface area contributed by atoms with Gasteiger partial charge in [0.15, 0.2) is 5.82 Å². The third-order valence-corrected chi connectivity index (χ3v) is 6.27. The number of carbonyl (C=O) groups excluding carboxylic acids is 2. The number of nitro groups is 1. The summed E-state index contributed by atoms with van der Waals surface area (Å²) in [7, 11) is 1.23. The number of esters is 1. The van der Waals surface area contributed by atoms with E-state index in [1.54, 1.807) is 12.1 Å². The van der Waals surface area contributed by atoms with Gasteiger partial charge in [0.05, 0.1) is 27.5 Å². The van der Waals surface area contributed by atoms with E-state index in [0.717, 1.165) is 11.3 Å². The monoisotopic (exact) mass is 585 g/mol. The van der Waals surface area contributed by atoms with Crippen LogP contribution in [0.25, 0.3) is 5.82 Å². The Morgan fingerprint density at radius 1 is 1.22 bits per heavy atom. The number of anilines is 1. The van der Waals surface area contributed by atoms with Crippen molar-refractivity contribution in [2.45, 2.75) is 0 Å². The molecule has 3 aromatic heterocycles. The van der Waals surface area contributed by atoms with Crippen molar-refractivity contribution in [2.24, 2.45) is 0 Å². The second kappa shape index (κ2) is 10.7. The first-order valence-corrected chi connectivity index (χ1v) is 11.9. The molecule has 1 aromatic carbocycles. The number of thiophene rings is 1. The lowest BCUT2D eigenvalue weighted by Crippen LogP contribution is -2.18. The van der Waals surface area contributed by atoms with E-state index in [2.05, 4.69) is 43.2 Å². The van der Waals surface area contributed by atoms with Crippen molar-refractivity contribution in [2.75, 3.05) is 12.4 Å². The quantitative estimate of drug-likeness (QED) is 0.149. The molecule has 0 aliphatic rings. The zero-order valence-corrected chi connectivity index (χ0v) is 21.3. The summed E-state index contributed by atoms with van der Waals surface area (Å²) in [5.41, 5.74) is 0.725. The Bertz CT molecular complexity index is 1560. The number of hydrogen-bond acceptors (Lipinski definition) is 8. The molecule has 0 radical (unpaired) electrons. The van der Waals surface area contributed by atoms with E-state index in [1.807, 2.05) is 0 Å². The Hall–Kier alpha value is -4.05. The minimum absolute atomic E-state index is 0.0486. The number of hydrogen-bond donors (Lipinski definition) is 1. The first-order chi connectivity index (χ1) is 17.3. The highest BCUT2D eigenvalue weighted by Gasteiger charge is 2.23. The molecule has 1 amide bonds. The van der Waals surface area contributed by atoms with E-state index in [4.69, 9.17) is 16.3 Å². The number of non-ortho nitro benzene ring substituents is 1. The summed E-state index contributed by atoms with van der Waals surface area (Å²) >= 11 is 10.5. The summed E-state index contributed by atoms with van der Waals surface area (Å²) in [6.07, 6.45) is 1.52. The molecule has 180 valence electrons. The average Bonchev–Trinajstić information content (AvgIpc) is 3.46. The zero-order valence-electron chi connectivity index (χ0n) is 18.2. The summed E-state index contributed by atoms with van der Waals surface area (Å²) in [5, 5.41) is 18.3. The van der Waals surface area contributed by atoms with E-state index in [-0.39, 0.29) is 32.8 Å². The van der Waals surface area contributed by atoms with Gasteiger partial charge in [-0.2, -0.15) is 5.10 Å². The van der Waals surface area contributed by atoms with Crippen LogP contribution in [0, 0.1) is 22.0 Å². The van der Waals surface area contributed by atoms with Crippen molar-refractivity contribution in [3.63, 3.8) is 0 Å². The summed E-state index contributed by atoms with van der Waals surface area (Å²) in [6, 6.07) is 12.0. The normalized spacial score (nSPS) is 10.3. The van der Waals surface area contributed by atoms with Crippen LogP contribution in [0.15, 0.2) is 59.3 Å². The number of amides is 1. The van der Waals surface area contributed by atoms with E-state index in [0.29, 0.717) is 15.0 Å². The van der Waals surface area contributed by atoms with Gasteiger partial charge in [-0.05, 0) is 46.3 Å². The van der Waals surface area contributed by atoms with E-state index in [9.17, 15) is 19.7 Å². The van der Waals surface area contributed by atoms with Gasteiger partial charge in [0.2, 0.25) is 0 Å². The minimum Gasteiger partial charge on any atom is -0.465 e. The van der Waals surface area contributed by atoms with Crippen LogP contribution in [-0.2, 0) is 4.74 Å². The van der Waals surface area contributed by atoms with Crippen molar-refractivity contribution in [1.82, 2.24) is 14.8 Å². The Kier molecular flexibility index (Phi) is 7.44. The maximum atomic E-state index is 13.2. The molecule has 3 heterocycles. The fourth-order valence-corrected chi connectivity index (χ4v) is 4.45. The smallest absolute Gasteiger partial charge is 0.340 e. The standard InChI is InChI=1S/C23H13BrClN5O5S/c1-35-23(32)16-11-15(9-6-13-4-7-14(8-5-13)30(33)34)36-22(16)27-21(31)18-12-19(24)28-29(18)20-17(25)3-2-10-26-20/h2-5,7-8,10-12H,1H3,(H,27,31). The van der Waals surface area contributed by atoms with Crippen molar-refractivity contribution in [1.29, 1.82) is 0 Å². The van der Waals surface area contributed by atoms with Gasteiger partial charge in [0.1, 0.15) is 15.3 Å². The molecule has 0 aliphatic carbocycles. The van der Waals surface area contributed by atoms with E-state index >= 15 is 0 Å². The second-order valence-electron chi connectivity index (χ2n) is 6.93. The maximum Gasteiger partial charge on any atom is 0.340 e. The van der Waals surface area contributed by atoms with Crippen LogP contribution in [0.5, 0.6) is 0 Å². The summed E-state index contributed by atoms with van der Waals surface area (Å²) in [4.78, 5) is 40.5. The molecule has 0 saturated heterocycles. The van der Waals surface area contributed by atoms with E-state index in [1.165, 1.54) is 54.4 Å². The Labute approximate surface area is 221 Å². The molecule has 0 saturated carbocycles. The first kappa shape index (κ1) is 25.1. The van der Waals surface area contributed by atoms with E-state index < -0.39 is 16.8 Å². The van der Waals surface area contributed by atoms with Crippen molar-refractivity contribution in [3.05, 3.63) is 96.2 Å².